The molecule has 1 aliphatic rings. The van der Waals surface area contributed by atoms with Gasteiger partial charge >= 0.3 is 0 Å². The lowest BCUT2D eigenvalue weighted by Gasteiger charge is -2.17. The third-order valence-corrected chi connectivity index (χ3v) is 5.14. The van der Waals surface area contributed by atoms with Crippen molar-refractivity contribution in [3.63, 3.8) is 0 Å². The molecule has 1 amide bonds. The van der Waals surface area contributed by atoms with Crippen LogP contribution in [0.25, 0.3) is 0 Å². The molecule has 1 saturated heterocycles. The second-order valence-corrected chi connectivity index (χ2v) is 6.84. The standard InChI is InChI=1S/C15H20N4O2S/c1-8-15(22-10(3)17-8)18-14(20)11-5-6-21-13(11)12-7-16-19(4)9(12)2/h7,11,13H,5-6H2,1-4H3,(H,18,20)/t11-,13-/m0/s1. The first kappa shape index (κ1) is 15.2. The van der Waals surface area contributed by atoms with E-state index in [1.165, 1.54) is 11.3 Å². The van der Waals surface area contributed by atoms with Crippen molar-refractivity contribution in [3.05, 3.63) is 28.2 Å². The molecule has 2 atom stereocenters. The van der Waals surface area contributed by atoms with Gasteiger partial charge in [0.05, 0.1) is 28.9 Å². The smallest absolute Gasteiger partial charge is 0.231 e. The molecule has 0 bridgehead atoms. The van der Waals surface area contributed by atoms with Crippen LogP contribution >= 0.6 is 11.3 Å². The first-order valence-corrected chi connectivity index (χ1v) is 8.14. The average molecular weight is 320 g/mol. The third-order valence-electron chi connectivity index (χ3n) is 4.15. The van der Waals surface area contributed by atoms with Crippen molar-refractivity contribution in [2.75, 3.05) is 11.9 Å². The number of anilines is 1. The molecule has 0 aliphatic carbocycles. The predicted molar refractivity (Wildman–Crippen MR) is 85.0 cm³/mol. The van der Waals surface area contributed by atoms with E-state index in [-0.39, 0.29) is 17.9 Å². The highest BCUT2D eigenvalue weighted by Crippen LogP contribution is 2.37. The summed E-state index contributed by atoms with van der Waals surface area (Å²) < 4.78 is 7.62. The molecule has 0 saturated carbocycles. The van der Waals surface area contributed by atoms with Gasteiger partial charge in [-0.3, -0.25) is 9.48 Å². The van der Waals surface area contributed by atoms with Gasteiger partial charge in [-0.05, 0) is 27.2 Å². The second-order valence-electron chi connectivity index (χ2n) is 5.63. The summed E-state index contributed by atoms with van der Waals surface area (Å²) in [6, 6.07) is 0. The number of rotatable bonds is 3. The molecule has 0 radical (unpaired) electrons. The van der Waals surface area contributed by atoms with Crippen molar-refractivity contribution >= 4 is 22.2 Å². The minimum absolute atomic E-state index is 0.00231. The Morgan fingerprint density at radius 2 is 2.23 bits per heavy atom. The number of carbonyl (C=O) groups is 1. The molecule has 0 aromatic carbocycles. The molecule has 1 aliphatic heterocycles. The molecular weight excluding hydrogens is 300 g/mol. The molecule has 6 nitrogen and oxygen atoms in total. The van der Waals surface area contributed by atoms with E-state index in [4.69, 9.17) is 4.74 Å². The lowest BCUT2D eigenvalue weighted by molar-refractivity contribution is -0.121. The summed E-state index contributed by atoms with van der Waals surface area (Å²) in [5.74, 6) is -0.192. The number of aryl methyl sites for hydroxylation is 3. The van der Waals surface area contributed by atoms with Crippen molar-refractivity contribution < 1.29 is 9.53 Å². The Labute approximate surface area is 133 Å². The molecule has 2 aromatic rings. The van der Waals surface area contributed by atoms with Crippen LogP contribution in [0.5, 0.6) is 0 Å². The predicted octanol–water partition coefficient (Wildman–Crippen LogP) is 2.52. The summed E-state index contributed by atoms with van der Waals surface area (Å²) >= 11 is 1.51. The lowest BCUT2D eigenvalue weighted by Crippen LogP contribution is -2.25. The van der Waals surface area contributed by atoms with Gasteiger partial charge in [-0.2, -0.15) is 5.10 Å². The largest absolute Gasteiger partial charge is 0.373 e. The number of aromatic nitrogens is 3. The average Bonchev–Trinajstić information content (AvgIpc) is 3.13. The molecule has 3 rings (SSSR count). The Kier molecular flexibility index (Phi) is 4.01. The van der Waals surface area contributed by atoms with Gasteiger partial charge in [0.2, 0.25) is 5.91 Å². The van der Waals surface area contributed by atoms with Gasteiger partial charge in [-0.1, -0.05) is 0 Å². The quantitative estimate of drug-likeness (QED) is 0.943. The maximum Gasteiger partial charge on any atom is 0.231 e. The number of amides is 1. The highest BCUT2D eigenvalue weighted by molar-refractivity contribution is 7.16. The zero-order valence-corrected chi connectivity index (χ0v) is 14.0. The monoisotopic (exact) mass is 320 g/mol. The number of nitrogens with one attached hydrogen (secondary N) is 1. The lowest BCUT2D eigenvalue weighted by atomic mass is 9.95. The Morgan fingerprint density at radius 1 is 1.45 bits per heavy atom. The van der Waals surface area contributed by atoms with E-state index in [9.17, 15) is 4.79 Å². The fourth-order valence-electron chi connectivity index (χ4n) is 2.81. The molecule has 118 valence electrons. The molecule has 22 heavy (non-hydrogen) atoms. The Morgan fingerprint density at radius 3 is 2.82 bits per heavy atom. The highest BCUT2D eigenvalue weighted by atomic mass is 32.1. The van der Waals surface area contributed by atoms with Crippen molar-refractivity contribution in [3.8, 4) is 0 Å². The van der Waals surface area contributed by atoms with Crippen LogP contribution in [0.15, 0.2) is 6.20 Å². The van der Waals surface area contributed by atoms with Crippen LogP contribution in [0.2, 0.25) is 0 Å². The van der Waals surface area contributed by atoms with Crippen molar-refractivity contribution in [2.24, 2.45) is 13.0 Å². The minimum Gasteiger partial charge on any atom is -0.373 e. The Hall–Kier alpha value is -1.73. The van der Waals surface area contributed by atoms with Gasteiger partial charge in [-0.25, -0.2) is 4.98 Å². The summed E-state index contributed by atoms with van der Waals surface area (Å²) in [6.07, 6.45) is 2.30. The number of hydrogen-bond donors (Lipinski definition) is 1. The van der Waals surface area contributed by atoms with E-state index >= 15 is 0 Å². The molecule has 0 spiro atoms. The van der Waals surface area contributed by atoms with Gasteiger partial charge < -0.3 is 10.1 Å². The zero-order chi connectivity index (χ0) is 15.9. The number of ether oxygens (including phenoxy) is 1. The topological polar surface area (TPSA) is 69.0 Å². The highest BCUT2D eigenvalue weighted by Gasteiger charge is 2.37. The normalized spacial score (nSPS) is 21.3. The van der Waals surface area contributed by atoms with Crippen LogP contribution in [0.3, 0.4) is 0 Å². The summed E-state index contributed by atoms with van der Waals surface area (Å²) in [5.41, 5.74) is 2.90. The summed E-state index contributed by atoms with van der Waals surface area (Å²) in [6.45, 7) is 6.44. The molecule has 7 heteroatoms. The van der Waals surface area contributed by atoms with Crippen LogP contribution in [0.1, 0.15) is 34.5 Å². The SMILES string of the molecule is Cc1nc(C)c(NC(=O)[C@H]2CCO[C@@H]2c2cnn(C)c2C)s1. The van der Waals surface area contributed by atoms with E-state index in [0.717, 1.165) is 33.4 Å². The second kappa shape index (κ2) is 5.81. The van der Waals surface area contributed by atoms with Crippen molar-refractivity contribution in [2.45, 2.75) is 33.3 Å². The minimum atomic E-state index is -0.219. The number of thiazole rings is 1. The fourth-order valence-corrected chi connectivity index (χ4v) is 3.63. The molecule has 2 aromatic heterocycles. The Bertz CT molecular complexity index is 706. The summed E-state index contributed by atoms with van der Waals surface area (Å²) in [4.78, 5) is 17.0. The maximum atomic E-state index is 12.6. The van der Waals surface area contributed by atoms with Crippen LogP contribution in [0, 0.1) is 26.7 Å². The van der Waals surface area contributed by atoms with Gasteiger partial charge in [0.1, 0.15) is 5.00 Å². The van der Waals surface area contributed by atoms with E-state index in [0.29, 0.717) is 6.61 Å². The van der Waals surface area contributed by atoms with E-state index in [1.807, 2.05) is 32.5 Å². The van der Waals surface area contributed by atoms with Gasteiger partial charge in [0.25, 0.3) is 0 Å². The van der Waals surface area contributed by atoms with Crippen molar-refractivity contribution in [1.29, 1.82) is 0 Å². The Balaban J connectivity index is 1.79. The van der Waals surface area contributed by atoms with E-state index in [2.05, 4.69) is 15.4 Å². The first-order chi connectivity index (χ1) is 10.5. The van der Waals surface area contributed by atoms with E-state index in [1.54, 1.807) is 6.20 Å². The van der Waals surface area contributed by atoms with Crippen LogP contribution < -0.4 is 5.32 Å². The maximum absolute atomic E-state index is 12.6. The molecular formula is C15H20N4O2S. The van der Waals surface area contributed by atoms with Crippen LogP contribution in [-0.4, -0.2) is 27.3 Å². The number of carbonyl (C=O) groups excluding carboxylic acids is 1. The number of nitrogens with zero attached hydrogens (tertiary/aromatic N) is 3. The summed E-state index contributed by atoms with van der Waals surface area (Å²) in [7, 11) is 1.90. The zero-order valence-electron chi connectivity index (χ0n) is 13.2. The molecule has 1 N–H and O–H groups in total. The molecule has 0 unspecified atom stereocenters. The number of hydrogen-bond acceptors (Lipinski definition) is 5. The molecule has 1 fully saturated rings. The fraction of sp³-hybridized carbons (Fsp3) is 0.533. The van der Waals surface area contributed by atoms with Crippen molar-refractivity contribution in [1.82, 2.24) is 14.8 Å². The van der Waals surface area contributed by atoms with Gasteiger partial charge in [-0.15, -0.1) is 11.3 Å². The van der Waals surface area contributed by atoms with Gasteiger partial charge in [0.15, 0.2) is 0 Å². The first-order valence-electron chi connectivity index (χ1n) is 7.32. The van der Waals surface area contributed by atoms with Crippen LogP contribution in [0.4, 0.5) is 5.00 Å². The third kappa shape index (κ3) is 2.66. The van der Waals surface area contributed by atoms with Crippen LogP contribution in [-0.2, 0) is 16.6 Å². The molecule has 3 heterocycles. The van der Waals surface area contributed by atoms with E-state index < -0.39 is 0 Å². The van der Waals surface area contributed by atoms with Gasteiger partial charge in [0, 0.05) is 24.9 Å². The summed E-state index contributed by atoms with van der Waals surface area (Å²) in [5, 5.41) is 9.05.